The maximum absolute atomic E-state index is 13.0. The number of hydrogen-bond donors (Lipinski definition) is 2. The molecule has 8 heteroatoms. The molecule has 140 valence electrons. The van der Waals surface area contributed by atoms with Crippen LogP contribution in [0, 0.1) is 0 Å². The molecule has 0 aromatic heterocycles. The molecule has 2 fully saturated rings. The quantitative estimate of drug-likeness (QED) is 0.797. The highest BCUT2D eigenvalue weighted by atomic mass is 16.6. The number of aliphatic carboxylic acids is 1. The Morgan fingerprint density at radius 2 is 1.88 bits per heavy atom. The Bertz CT molecular complexity index is 675. The van der Waals surface area contributed by atoms with Crippen molar-refractivity contribution in [1.29, 1.82) is 0 Å². The van der Waals surface area contributed by atoms with E-state index in [1.165, 1.54) is 0 Å². The van der Waals surface area contributed by atoms with Crippen LogP contribution in [0.15, 0.2) is 30.3 Å². The summed E-state index contributed by atoms with van der Waals surface area (Å²) in [6.45, 7) is 1.37. The fraction of sp³-hybridized carbons (Fsp3) is 0.500. The molecule has 0 saturated carbocycles. The van der Waals surface area contributed by atoms with Gasteiger partial charge in [0.2, 0.25) is 0 Å². The molecule has 2 unspecified atom stereocenters. The summed E-state index contributed by atoms with van der Waals surface area (Å²) in [6, 6.07) is 7.66. The zero-order valence-corrected chi connectivity index (χ0v) is 14.6. The number of carbonyl (C=O) groups excluding carboxylic acids is 2. The van der Waals surface area contributed by atoms with Crippen LogP contribution in [0.1, 0.15) is 31.2 Å². The lowest BCUT2D eigenvalue weighted by Crippen LogP contribution is -2.74. The smallest absolute Gasteiger partial charge is 0.480 e. The van der Waals surface area contributed by atoms with Crippen LogP contribution in [0.3, 0.4) is 0 Å². The van der Waals surface area contributed by atoms with Gasteiger partial charge in [0.1, 0.15) is 19.2 Å². The second-order valence-electron chi connectivity index (χ2n) is 6.68. The number of nitrogens with one attached hydrogen (secondary N) is 1. The summed E-state index contributed by atoms with van der Waals surface area (Å²) in [4.78, 5) is 37.0. The number of rotatable bonds is 4. The molecule has 0 bridgehead atoms. The van der Waals surface area contributed by atoms with E-state index in [-0.39, 0.29) is 19.6 Å². The number of piperidine rings is 1. The molecule has 8 nitrogen and oxygen atoms in total. The summed E-state index contributed by atoms with van der Waals surface area (Å²) in [6.07, 6.45) is 2.35. The van der Waals surface area contributed by atoms with Gasteiger partial charge in [-0.05, 0) is 18.4 Å². The largest absolute Gasteiger partial charge is 0.545 e. The van der Waals surface area contributed by atoms with Gasteiger partial charge < -0.3 is 9.84 Å². The van der Waals surface area contributed by atoms with E-state index in [2.05, 4.69) is 5.32 Å². The van der Waals surface area contributed by atoms with Crippen LogP contribution < -0.4 is 5.32 Å². The third kappa shape index (κ3) is 3.56. The summed E-state index contributed by atoms with van der Waals surface area (Å²) >= 11 is 0. The molecule has 1 aromatic carbocycles. The first-order chi connectivity index (χ1) is 12.5. The highest BCUT2D eigenvalue weighted by Gasteiger charge is 2.57. The predicted octanol–water partition coefficient (Wildman–Crippen LogP) is 2.11. The van der Waals surface area contributed by atoms with Crippen LogP contribution in [0.4, 0.5) is 9.59 Å². The summed E-state index contributed by atoms with van der Waals surface area (Å²) in [5.41, 5.74) is 0.832. The maximum Gasteiger partial charge on any atom is 0.545 e. The minimum atomic E-state index is -1.09. The molecule has 0 spiro atoms. The predicted molar refractivity (Wildman–Crippen MR) is 91.8 cm³/mol. The molecule has 2 aliphatic heterocycles. The summed E-state index contributed by atoms with van der Waals surface area (Å²) in [5.74, 6) is -1.09. The molecule has 2 saturated heterocycles. The first-order valence-corrected chi connectivity index (χ1v) is 8.92. The minimum absolute atomic E-state index is 0.0726. The van der Waals surface area contributed by atoms with Crippen LogP contribution in [-0.4, -0.2) is 58.5 Å². The lowest BCUT2D eigenvalue weighted by Gasteiger charge is -2.43. The van der Waals surface area contributed by atoms with Gasteiger partial charge >= 0.3 is 18.1 Å². The Morgan fingerprint density at radius 1 is 1.19 bits per heavy atom. The lowest BCUT2D eigenvalue weighted by molar-refractivity contribution is -0.906. The molecule has 2 atom stereocenters. The highest BCUT2D eigenvalue weighted by Crippen LogP contribution is 2.26. The average molecular weight is 362 g/mol. The Kier molecular flexibility index (Phi) is 5.53. The van der Waals surface area contributed by atoms with Crippen LogP contribution in [0.2, 0.25) is 0 Å². The van der Waals surface area contributed by atoms with Crippen molar-refractivity contribution in [3.8, 4) is 0 Å². The van der Waals surface area contributed by atoms with Crippen LogP contribution in [-0.2, 0) is 16.1 Å². The SMILES string of the molecule is O=C(O)C1CC[N+](C(=O)OCc2ccccc2)(N2CCCCC2)C(=O)N1. The Morgan fingerprint density at radius 3 is 2.50 bits per heavy atom. The van der Waals surface area contributed by atoms with Crippen molar-refractivity contribution in [2.75, 3.05) is 19.6 Å². The molecule has 2 heterocycles. The monoisotopic (exact) mass is 362 g/mol. The Labute approximate surface area is 151 Å². The number of amides is 3. The van der Waals surface area contributed by atoms with E-state index in [1.54, 1.807) is 0 Å². The number of carboxylic acid groups (broad SMARTS) is 1. The molecule has 1 aromatic rings. The van der Waals surface area contributed by atoms with Gasteiger partial charge in [0.05, 0.1) is 0 Å². The third-order valence-electron chi connectivity index (χ3n) is 5.00. The summed E-state index contributed by atoms with van der Waals surface area (Å²) in [5, 5.41) is 13.5. The van der Waals surface area contributed by atoms with Crippen molar-refractivity contribution in [3.63, 3.8) is 0 Å². The van der Waals surface area contributed by atoms with E-state index < -0.39 is 28.7 Å². The second kappa shape index (κ2) is 7.84. The van der Waals surface area contributed by atoms with Gasteiger partial charge in [-0.2, -0.15) is 4.79 Å². The zero-order valence-electron chi connectivity index (χ0n) is 14.6. The van der Waals surface area contributed by atoms with Gasteiger partial charge in [0.25, 0.3) is 0 Å². The molecule has 0 radical (unpaired) electrons. The van der Waals surface area contributed by atoms with Crippen LogP contribution in [0.5, 0.6) is 0 Å². The molecular formula is C18H24N3O5+. The fourth-order valence-corrected chi connectivity index (χ4v) is 3.53. The number of imide groups is 1. The molecule has 26 heavy (non-hydrogen) atoms. The van der Waals surface area contributed by atoms with E-state index in [0.717, 1.165) is 24.8 Å². The lowest BCUT2D eigenvalue weighted by atomic mass is 10.1. The topological polar surface area (TPSA) is 95.9 Å². The first-order valence-electron chi connectivity index (χ1n) is 8.92. The van der Waals surface area contributed by atoms with Crippen LogP contribution >= 0.6 is 0 Å². The van der Waals surface area contributed by atoms with E-state index in [4.69, 9.17) is 4.74 Å². The third-order valence-corrected chi connectivity index (χ3v) is 5.00. The minimum Gasteiger partial charge on any atom is -0.480 e. The Hall–Kier alpha value is -2.45. The highest BCUT2D eigenvalue weighted by molar-refractivity contribution is 5.85. The van der Waals surface area contributed by atoms with Gasteiger partial charge in [-0.15, -0.1) is 5.01 Å². The van der Waals surface area contributed by atoms with E-state index >= 15 is 0 Å². The standard InChI is InChI=1S/C18H23N3O5/c22-16(23)15-9-12-21(17(24)19-15,20-10-5-2-6-11-20)18(25)26-13-14-7-3-1-4-8-14/h1,3-4,7-8,15H,2,5-6,9-13H2,(H-,19,22,23,24)/p+1. The summed E-state index contributed by atoms with van der Waals surface area (Å²) < 4.78 is 4.87. The van der Waals surface area contributed by atoms with Gasteiger partial charge in [0.15, 0.2) is 0 Å². The number of urea groups is 1. The zero-order chi connectivity index (χ0) is 18.6. The van der Waals surface area contributed by atoms with Crippen molar-refractivity contribution in [3.05, 3.63) is 35.9 Å². The van der Waals surface area contributed by atoms with E-state index in [0.29, 0.717) is 13.1 Å². The fourth-order valence-electron chi connectivity index (χ4n) is 3.53. The number of ether oxygens (including phenoxy) is 1. The van der Waals surface area contributed by atoms with E-state index in [9.17, 15) is 19.5 Å². The molecule has 0 aliphatic carbocycles. The number of hydrogen-bond acceptors (Lipinski definition) is 5. The molecular weight excluding hydrogens is 338 g/mol. The normalized spacial score (nSPS) is 26.8. The molecule has 2 aliphatic rings. The number of carboxylic acids is 1. The van der Waals surface area contributed by atoms with Gasteiger partial charge in [-0.25, -0.2) is 9.59 Å². The molecule has 3 rings (SSSR count). The van der Waals surface area contributed by atoms with Gasteiger partial charge in [-0.1, -0.05) is 41.3 Å². The molecule has 2 N–H and O–H groups in total. The second-order valence-corrected chi connectivity index (χ2v) is 6.68. The van der Waals surface area contributed by atoms with Gasteiger partial charge in [-0.3, -0.25) is 5.32 Å². The first kappa shape index (κ1) is 18.3. The number of benzene rings is 1. The maximum atomic E-state index is 13.0. The van der Waals surface area contributed by atoms with E-state index in [1.807, 2.05) is 35.3 Å². The van der Waals surface area contributed by atoms with Gasteiger partial charge in [0, 0.05) is 19.5 Å². The number of nitrogens with zero attached hydrogens (tertiary/aromatic N) is 2. The number of quaternary nitrogens is 1. The van der Waals surface area contributed by atoms with Crippen molar-refractivity contribution >= 4 is 18.1 Å². The van der Waals surface area contributed by atoms with Crippen LogP contribution in [0.25, 0.3) is 0 Å². The summed E-state index contributed by atoms with van der Waals surface area (Å²) in [7, 11) is 0. The molecule has 3 amide bonds. The number of carbonyl (C=O) groups is 3. The Balaban J connectivity index is 1.80. The van der Waals surface area contributed by atoms with Crippen molar-refractivity contribution in [2.24, 2.45) is 0 Å². The van der Waals surface area contributed by atoms with Crippen molar-refractivity contribution in [2.45, 2.75) is 38.3 Å². The average Bonchev–Trinajstić information content (AvgIpc) is 2.67. The van der Waals surface area contributed by atoms with Crippen molar-refractivity contribution < 1.29 is 28.8 Å². The van der Waals surface area contributed by atoms with Crippen molar-refractivity contribution in [1.82, 2.24) is 10.3 Å².